The third-order valence-electron chi connectivity index (χ3n) is 1.46. The summed E-state index contributed by atoms with van der Waals surface area (Å²) in [5, 5.41) is 2.53. The number of carbonyl (C=O) groups is 2. The zero-order valence-corrected chi connectivity index (χ0v) is 8.71. The van der Waals surface area contributed by atoms with Crippen LogP contribution in [0.5, 0.6) is 0 Å². The monoisotopic (exact) mass is 199 g/mol. The van der Waals surface area contributed by atoms with Gasteiger partial charge in [-0.05, 0) is 13.3 Å². The van der Waals surface area contributed by atoms with Crippen molar-refractivity contribution in [1.29, 1.82) is 0 Å². The SMILES string of the molecule is CCCCOC(=O)C=CC(=O)NCC. The van der Waals surface area contributed by atoms with E-state index in [0.717, 1.165) is 18.9 Å². The van der Waals surface area contributed by atoms with E-state index >= 15 is 0 Å². The highest BCUT2D eigenvalue weighted by atomic mass is 16.5. The van der Waals surface area contributed by atoms with E-state index in [1.54, 1.807) is 0 Å². The van der Waals surface area contributed by atoms with E-state index in [0.29, 0.717) is 13.2 Å². The fraction of sp³-hybridized carbons (Fsp3) is 0.600. The minimum atomic E-state index is -0.468. The standard InChI is InChI=1S/C10H17NO3/c1-3-5-8-14-10(13)7-6-9(12)11-4-2/h6-7H,3-5,8H2,1-2H3,(H,11,12). The molecule has 0 unspecified atom stereocenters. The molecule has 0 aliphatic carbocycles. The van der Waals surface area contributed by atoms with Gasteiger partial charge in [0.25, 0.3) is 0 Å². The lowest BCUT2D eigenvalue weighted by Gasteiger charge is -1.99. The van der Waals surface area contributed by atoms with Gasteiger partial charge in [0.15, 0.2) is 0 Å². The third kappa shape index (κ3) is 7.34. The Morgan fingerprint density at radius 2 is 2.00 bits per heavy atom. The van der Waals surface area contributed by atoms with Crippen LogP contribution < -0.4 is 5.32 Å². The van der Waals surface area contributed by atoms with Crippen LogP contribution in [0.4, 0.5) is 0 Å². The van der Waals surface area contributed by atoms with E-state index < -0.39 is 5.97 Å². The number of carbonyl (C=O) groups excluding carboxylic acids is 2. The zero-order chi connectivity index (χ0) is 10.8. The van der Waals surface area contributed by atoms with Gasteiger partial charge in [0.2, 0.25) is 5.91 Å². The molecule has 1 N–H and O–H groups in total. The summed E-state index contributed by atoms with van der Waals surface area (Å²) < 4.78 is 4.81. The molecule has 0 atom stereocenters. The van der Waals surface area contributed by atoms with Gasteiger partial charge in [-0.15, -0.1) is 0 Å². The van der Waals surface area contributed by atoms with E-state index in [9.17, 15) is 9.59 Å². The van der Waals surface area contributed by atoms with Crippen LogP contribution in [-0.2, 0) is 14.3 Å². The molecule has 0 spiro atoms. The van der Waals surface area contributed by atoms with Crippen molar-refractivity contribution in [2.45, 2.75) is 26.7 Å². The number of nitrogens with one attached hydrogen (secondary N) is 1. The van der Waals surface area contributed by atoms with Gasteiger partial charge in [-0.1, -0.05) is 13.3 Å². The number of unbranched alkanes of at least 4 members (excludes halogenated alkanes) is 1. The molecule has 0 fully saturated rings. The average Bonchev–Trinajstić information content (AvgIpc) is 2.16. The lowest BCUT2D eigenvalue weighted by Crippen LogP contribution is -2.20. The number of ether oxygens (including phenoxy) is 1. The third-order valence-corrected chi connectivity index (χ3v) is 1.46. The van der Waals surface area contributed by atoms with E-state index in [2.05, 4.69) is 5.32 Å². The van der Waals surface area contributed by atoms with Crippen LogP contribution in [0, 0.1) is 0 Å². The zero-order valence-electron chi connectivity index (χ0n) is 8.71. The lowest BCUT2D eigenvalue weighted by molar-refractivity contribution is -0.138. The quantitative estimate of drug-likeness (QED) is 0.395. The van der Waals surface area contributed by atoms with E-state index in [1.165, 1.54) is 6.08 Å². The second kappa shape index (κ2) is 8.29. The van der Waals surface area contributed by atoms with E-state index in [-0.39, 0.29) is 5.91 Å². The molecule has 0 aromatic carbocycles. The topological polar surface area (TPSA) is 55.4 Å². The molecule has 0 saturated heterocycles. The molecular weight excluding hydrogens is 182 g/mol. The van der Waals surface area contributed by atoms with Crippen LogP contribution in [0.1, 0.15) is 26.7 Å². The number of rotatable bonds is 6. The van der Waals surface area contributed by atoms with Crippen LogP contribution in [0.15, 0.2) is 12.2 Å². The summed E-state index contributed by atoms with van der Waals surface area (Å²) in [6.07, 6.45) is 4.15. The fourth-order valence-electron chi connectivity index (χ4n) is 0.742. The second-order valence-corrected chi connectivity index (χ2v) is 2.75. The first kappa shape index (κ1) is 12.7. The molecular formula is C10H17NO3. The van der Waals surface area contributed by atoms with Gasteiger partial charge in [-0.2, -0.15) is 0 Å². The highest BCUT2D eigenvalue weighted by molar-refractivity contribution is 5.94. The van der Waals surface area contributed by atoms with Crippen LogP contribution in [0.2, 0.25) is 0 Å². The van der Waals surface area contributed by atoms with Crippen LogP contribution in [0.3, 0.4) is 0 Å². The van der Waals surface area contributed by atoms with Gasteiger partial charge in [0.05, 0.1) is 6.61 Å². The van der Waals surface area contributed by atoms with Crippen molar-refractivity contribution in [3.05, 3.63) is 12.2 Å². The first-order chi connectivity index (χ1) is 6.70. The largest absolute Gasteiger partial charge is 0.463 e. The van der Waals surface area contributed by atoms with Crippen LogP contribution in [-0.4, -0.2) is 25.0 Å². The van der Waals surface area contributed by atoms with Gasteiger partial charge in [0, 0.05) is 18.7 Å². The number of hydrogen-bond acceptors (Lipinski definition) is 3. The predicted octanol–water partition coefficient (Wildman–Crippen LogP) is 1.02. The second-order valence-electron chi connectivity index (χ2n) is 2.75. The molecule has 0 aliphatic heterocycles. The summed E-state index contributed by atoms with van der Waals surface area (Å²) in [7, 11) is 0. The molecule has 1 amide bonds. The normalized spacial score (nSPS) is 10.1. The average molecular weight is 199 g/mol. The van der Waals surface area contributed by atoms with Crippen LogP contribution in [0.25, 0.3) is 0 Å². The summed E-state index contributed by atoms with van der Waals surface area (Å²) in [5.74, 6) is -0.746. The van der Waals surface area contributed by atoms with Crippen molar-refractivity contribution in [3.63, 3.8) is 0 Å². The number of esters is 1. The van der Waals surface area contributed by atoms with Gasteiger partial charge in [-0.3, -0.25) is 4.79 Å². The fourth-order valence-corrected chi connectivity index (χ4v) is 0.742. The predicted molar refractivity (Wildman–Crippen MR) is 53.7 cm³/mol. The molecule has 0 heterocycles. The van der Waals surface area contributed by atoms with Crippen molar-refractivity contribution in [1.82, 2.24) is 5.32 Å². The lowest BCUT2D eigenvalue weighted by atomic mass is 10.4. The van der Waals surface area contributed by atoms with Gasteiger partial charge in [0.1, 0.15) is 0 Å². The molecule has 0 rings (SSSR count). The molecule has 0 aromatic rings. The summed E-state index contributed by atoms with van der Waals surface area (Å²) >= 11 is 0. The minimum absolute atomic E-state index is 0.278. The summed E-state index contributed by atoms with van der Waals surface area (Å²) in [4.78, 5) is 21.8. The maximum atomic E-state index is 10.9. The molecule has 14 heavy (non-hydrogen) atoms. The Hall–Kier alpha value is -1.32. The Labute approximate surface area is 84.3 Å². The maximum Gasteiger partial charge on any atom is 0.330 e. The molecule has 0 bridgehead atoms. The Morgan fingerprint density at radius 1 is 1.29 bits per heavy atom. The Kier molecular flexibility index (Phi) is 7.50. The van der Waals surface area contributed by atoms with Crippen molar-refractivity contribution in [2.24, 2.45) is 0 Å². The molecule has 0 aromatic heterocycles. The first-order valence-corrected chi connectivity index (χ1v) is 4.83. The number of likely N-dealkylation sites (N-methyl/N-ethyl adjacent to an activating group) is 1. The minimum Gasteiger partial charge on any atom is -0.463 e. The highest BCUT2D eigenvalue weighted by Gasteiger charge is 1.97. The molecule has 0 aliphatic rings. The Morgan fingerprint density at radius 3 is 2.57 bits per heavy atom. The summed E-state index contributed by atoms with van der Waals surface area (Å²) in [6, 6.07) is 0. The van der Waals surface area contributed by atoms with Crippen molar-refractivity contribution in [2.75, 3.05) is 13.2 Å². The summed E-state index contributed by atoms with van der Waals surface area (Å²) in [6.45, 7) is 4.78. The van der Waals surface area contributed by atoms with E-state index in [4.69, 9.17) is 4.74 Å². The van der Waals surface area contributed by atoms with Gasteiger partial charge in [-0.25, -0.2) is 4.79 Å². The molecule has 0 saturated carbocycles. The van der Waals surface area contributed by atoms with Crippen molar-refractivity contribution >= 4 is 11.9 Å². The Balaban J connectivity index is 3.64. The first-order valence-electron chi connectivity index (χ1n) is 4.83. The summed E-state index contributed by atoms with van der Waals surface area (Å²) in [5.41, 5.74) is 0. The van der Waals surface area contributed by atoms with Gasteiger partial charge >= 0.3 is 5.97 Å². The molecule has 0 radical (unpaired) electrons. The van der Waals surface area contributed by atoms with E-state index in [1.807, 2.05) is 13.8 Å². The Bertz CT molecular complexity index is 211. The number of hydrogen-bond donors (Lipinski definition) is 1. The number of amides is 1. The van der Waals surface area contributed by atoms with Crippen molar-refractivity contribution in [3.8, 4) is 0 Å². The van der Waals surface area contributed by atoms with Crippen molar-refractivity contribution < 1.29 is 14.3 Å². The molecule has 80 valence electrons. The highest BCUT2D eigenvalue weighted by Crippen LogP contribution is 1.89. The van der Waals surface area contributed by atoms with Gasteiger partial charge < -0.3 is 10.1 Å². The molecule has 4 heteroatoms. The molecule has 4 nitrogen and oxygen atoms in total. The maximum absolute atomic E-state index is 10.9. The smallest absolute Gasteiger partial charge is 0.330 e. The van der Waals surface area contributed by atoms with Crippen LogP contribution >= 0.6 is 0 Å².